The number of fused-ring (bicyclic) bond motifs is 1. The summed E-state index contributed by atoms with van der Waals surface area (Å²) in [6.07, 6.45) is -2.01. The van der Waals surface area contributed by atoms with Crippen LogP contribution >= 0.6 is 11.3 Å². The lowest BCUT2D eigenvalue weighted by Crippen LogP contribution is -2.48. The van der Waals surface area contributed by atoms with E-state index in [0.29, 0.717) is 60.4 Å². The monoisotopic (exact) mass is 726 g/mol. The van der Waals surface area contributed by atoms with Gasteiger partial charge in [-0.25, -0.2) is 17.2 Å². The van der Waals surface area contributed by atoms with E-state index in [1.807, 2.05) is 6.07 Å². The molecule has 1 saturated carbocycles. The highest BCUT2D eigenvalue weighted by molar-refractivity contribution is 7.91. The molecule has 3 fully saturated rings. The van der Waals surface area contributed by atoms with E-state index in [2.05, 4.69) is 27.4 Å². The number of ether oxygens (including phenoxy) is 2. The molecule has 1 aromatic heterocycles. The summed E-state index contributed by atoms with van der Waals surface area (Å²) in [6.45, 7) is 1.79. The van der Waals surface area contributed by atoms with Gasteiger partial charge in [0, 0.05) is 50.4 Å². The van der Waals surface area contributed by atoms with Gasteiger partial charge in [0.2, 0.25) is 6.86 Å². The smallest absolute Gasteiger partial charge is 0.393 e. The Morgan fingerprint density at radius 3 is 2.45 bits per heavy atom. The van der Waals surface area contributed by atoms with Gasteiger partial charge in [0.05, 0.1) is 64.3 Å². The van der Waals surface area contributed by atoms with Gasteiger partial charge in [0.1, 0.15) is 11.6 Å². The molecule has 3 heterocycles. The quantitative estimate of drug-likeness (QED) is 0.199. The summed E-state index contributed by atoms with van der Waals surface area (Å²) in [5, 5.41) is 6.99. The Morgan fingerprint density at radius 1 is 1.02 bits per heavy atom. The van der Waals surface area contributed by atoms with Gasteiger partial charge in [0.25, 0.3) is 0 Å². The van der Waals surface area contributed by atoms with Gasteiger partial charge >= 0.3 is 6.18 Å². The van der Waals surface area contributed by atoms with Crippen LogP contribution in [0.3, 0.4) is 0 Å². The Balaban J connectivity index is 1.16. The van der Waals surface area contributed by atoms with E-state index in [4.69, 9.17) is 9.47 Å². The second-order valence-electron chi connectivity index (χ2n) is 12.5. The van der Waals surface area contributed by atoms with Gasteiger partial charge in [0.15, 0.2) is 9.84 Å². The van der Waals surface area contributed by atoms with Gasteiger partial charge < -0.3 is 25.0 Å². The van der Waals surface area contributed by atoms with Gasteiger partial charge in [-0.2, -0.15) is 13.2 Å². The minimum atomic E-state index is -4.45. The molecule has 0 amide bonds. The van der Waals surface area contributed by atoms with Gasteiger partial charge in [-0.3, -0.25) is 4.90 Å². The first-order valence-electron chi connectivity index (χ1n) is 16.4. The van der Waals surface area contributed by atoms with Crippen molar-refractivity contribution in [2.24, 2.45) is 0 Å². The third kappa shape index (κ3) is 8.89. The molecule has 2 aliphatic heterocycles. The van der Waals surface area contributed by atoms with Crippen molar-refractivity contribution in [3.05, 3.63) is 46.6 Å². The summed E-state index contributed by atoms with van der Waals surface area (Å²) in [5.41, 5.74) is 1.31. The van der Waals surface area contributed by atoms with Crippen LogP contribution in [0, 0.1) is 17.7 Å². The standard InChI is InChI=1S/C34H39F5N4O4S2/c35-22-47-31-20-30(43-11-15-46-16-12-43)27(36)19-29(31)40-10-2-5-32-26(21-34(37,38)39)25-3-1-4-28(33(25)48-32)41-23-6-8-24(9-7-23)42-13-17-49(44,45)18-14-42/h1,3-4,19-20,23-24,40-41H,6-18,21-22H2. The predicted molar refractivity (Wildman–Crippen MR) is 183 cm³/mol. The number of thiophene rings is 1. The maximum atomic E-state index is 15.1. The normalized spacial score (nSPS) is 21.6. The minimum Gasteiger partial charge on any atom is -0.461 e. The second-order valence-corrected chi connectivity index (χ2v) is 15.9. The molecule has 0 atom stereocenters. The average molecular weight is 727 g/mol. The fraction of sp³-hybridized carbons (Fsp3) is 0.529. The number of hydrogen-bond donors (Lipinski definition) is 2. The Hall–Kier alpha value is -3.32. The number of alkyl halides is 4. The molecule has 2 saturated heterocycles. The van der Waals surface area contributed by atoms with Crippen LogP contribution in [0.1, 0.15) is 36.1 Å². The lowest BCUT2D eigenvalue weighted by Gasteiger charge is -2.39. The fourth-order valence-electron chi connectivity index (χ4n) is 6.83. The number of sulfone groups is 1. The maximum Gasteiger partial charge on any atom is 0.393 e. The van der Waals surface area contributed by atoms with Crippen molar-refractivity contribution in [1.29, 1.82) is 0 Å². The molecule has 2 N–H and O–H groups in total. The van der Waals surface area contributed by atoms with Crippen molar-refractivity contribution in [3.63, 3.8) is 0 Å². The van der Waals surface area contributed by atoms with E-state index < -0.39 is 35.1 Å². The largest absolute Gasteiger partial charge is 0.461 e. The number of nitrogens with one attached hydrogen (secondary N) is 2. The van der Waals surface area contributed by atoms with Crippen molar-refractivity contribution in [2.45, 2.75) is 50.4 Å². The Labute approximate surface area is 286 Å². The summed E-state index contributed by atoms with van der Waals surface area (Å²) in [4.78, 5) is 4.35. The van der Waals surface area contributed by atoms with E-state index in [0.717, 1.165) is 31.4 Å². The lowest BCUT2D eigenvalue weighted by molar-refractivity contribution is -0.126. The summed E-state index contributed by atoms with van der Waals surface area (Å²) >= 11 is 1.20. The SMILES string of the molecule is O=S1(=O)CCN(C2CCC(Nc3cccc4c(CC(F)(F)F)c(C#CCNc5cc(F)c(N6CCOCC6)cc5OCF)sc34)CC2)CC1. The first-order chi connectivity index (χ1) is 23.5. The molecule has 2 aromatic carbocycles. The number of hydrogen-bond acceptors (Lipinski definition) is 9. The van der Waals surface area contributed by atoms with E-state index >= 15 is 4.39 Å². The zero-order chi connectivity index (χ0) is 34.6. The molecule has 15 heteroatoms. The first kappa shape index (κ1) is 35.5. The Bertz CT molecular complexity index is 1780. The maximum absolute atomic E-state index is 15.1. The minimum absolute atomic E-state index is 0.0456. The average Bonchev–Trinajstić information content (AvgIpc) is 3.41. The van der Waals surface area contributed by atoms with Gasteiger partial charge in [-0.05, 0) is 42.7 Å². The summed E-state index contributed by atoms with van der Waals surface area (Å²) < 4.78 is 104. The third-order valence-corrected chi connectivity index (χ3v) is 12.1. The van der Waals surface area contributed by atoms with Crippen molar-refractivity contribution in [3.8, 4) is 17.6 Å². The fourth-order valence-corrected chi connectivity index (χ4v) is 9.23. The van der Waals surface area contributed by atoms with Crippen molar-refractivity contribution >= 4 is 48.3 Å². The van der Waals surface area contributed by atoms with Crippen LogP contribution in [-0.4, -0.2) is 95.9 Å². The number of benzene rings is 2. The molecule has 0 bridgehead atoms. The van der Waals surface area contributed by atoms with Crippen molar-refractivity contribution in [1.82, 2.24) is 4.90 Å². The molecule has 0 unspecified atom stereocenters. The summed E-state index contributed by atoms with van der Waals surface area (Å²) in [7, 11) is -2.94. The first-order valence-corrected chi connectivity index (χ1v) is 19.0. The molecular weight excluding hydrogens is 688 g/mol. The van der Waals surface area contributed by atoms with E-state index in [9.17, 15) is 26.0 Å². The zero-order valence-corrected chi connectivity index (χ0v) is 28.5. The van der Waals surface area contributed by atoms with Crippen molar-refractivity contribution in [2.75, 3.05) is 79.8 Å². The molecule has 3 aromatic rings. The predicted octanol–water partition coefficient (Wildman–Crippen LogP) is 6.20. The van der Waals surface area contributed by atoms with Gasteiger partial charge in [-0.1, -0.05) is 24.0 Å². The molecular formula is C34H39F5N4O4S2. The number of anilines is 3. The molecule has 1 aliphatic carbocycles. The number of rotatable bonds is 9. The van der Waals surface area contributed by atoms with Crippen LogP contribution in [-0.2, 0) is 21.0 Å². The van der Waals surface area contributed by atoms with Crippen LogP contribution in [0.2, 0.25) is 0 Å². The molecule has 0 radical (unpaired) electrons. The summed E-state index contributed by atoms with van der Waals surface area (Å²) in [5.74, 6) is 5.73. The Morgan fingerprint density at radius 2 is 1.76 bits per heavy atom. The van der Waals surface area contributed by atoms with Crippen LogP contribution < -0.4 is 20.3 Å². The number of morpholine rings is 1. The van der Waals surface area contributed by atoms with E-state index in [1.165, 1.54) is 23.5 Å². The van der Waals surface area contributed by atoms with E-state index in [1.54, 1.807) is 17.0 Å². The highest BCUT2D eigenvalue weighted by Crippen LogP contribution is 2.40. The van der Waals surface area contributed by atoms with Gasteiger partial charge in [-0.15, -0.1) is 11.3 Å². The van der Waals surface area contributed by atoms with Crippen LogP contribution in [0.25, 0.3) is 10.1 Å². The third-order valence-electron chi connectivity index (χ3n) is 9.33. The highest BCUT2D eigenvalue weighted by Gasteiger charge is 2.33. The highest BCUT2D eigenvalue weighted by atomic mass is 32.2. The molecule has 266 valence electrons. The van der Waals surface area contributed by atoms with Crippen LogP contribution in [0.4, 0.5) is 39.0 Å². The molecule has 0 spiro atoms. The van der Waals surface area contributed by atoms with Crippen LogP contribution in [0.15, 0.2) is 30.3 Å². The van der Waals surface area contributed by atoms with Crippen LogP contribution in [0.5, 0.6) is 5.75 Å². The zero-order valence-electron chi connectivity index (χ0n) is 26.9. The van der Waals surface area contributed by atoms with E-state index in [-0.39, 0.29) is 46.8 Å². The second kappa shape index (κ2) is 15.3. The molecule has 8 nitrogen and oxygen atoms in total. The lowest BCUT2D eigenvalue weighted by atomic mass is 9.90. The molecule has 3 aliphatic rings. The van der Waals surface area contributed by atoms with Crippen molar-refractivity contribution < 1.29 is 39.8 Å². The molecule has 49 heavy (non-hydrogen) atoms. The number of nitrogens with zero attached hydrogens (tertiary/aromatic N) is 2. The Kier molecular flexibility index (Phi) is 11.1. The number of halogens is 5. The summed E-state index contributed by atoms with van der Waals surface area (Å²) in [6, 6.07) is 8.40. The topological polar surface area (TPSA) is 83.1 Å². The molecule has 6 rings (SSSR count).